The molecule has 0 heterocycles. The summed E-state index contributed by atoms with van der Waals surface area (Å²) in [6.45, 7) is 3.24. The first-order valence-electron chi connectivity index (χ1n) is 6.91. The Morgan fingerprint density at radius 1 is 1.09 bits per heavy atom. The van der Waals surface area contributed by atoms with Gasteiger partial charge >= 0.3 is 0 Å². The number of hydrogen-bond acceptors (Lipinski definition) is 3. The van der Waals surface area contributed by atoms with Crippen LogP contribution in [0.5, 0.6) is 0 Å². The SMILES string of the molecule is Cc1cc(Br)ccc1NC(=O)CNS(=O)(=O)c1ccccc1C. The number of halogens is 1. The number of anilines is 1. The molecule has 2 aromatic carbocycles. The van der Waals surface area contributed by atoms with E-state index in [0.717, 1.165) is 10.0 Å². The molecule has 2 rings (SSSR count). The van der Waals surface area contributed by atoms with Gasteiger partial charge in [0.25, 0.3) is 0 Å². The lowest BCUT2D eigenvalue weighted by atomic mass is 10.2. The molecule has 1 amide bonds. The second-order valence-electron chi connectivity index (χ2n) is 5.10. The van der Waals surface area contributed by atoms with E-state index in [1.165, 1.54) is 6.07 Å². The lowest BCUT2D eigenvalue weighted by molar-refractivity contribution is -0.115. The minimum absolute atomic E-state index is 0.174. The zero-order valence-electron chi connectivity index (χ0n) is 12.8. The molecule has 0 aliphatic rings. The molecule has 2 N–H and O–H groups in total. The van der Waals surface area contributed by atoms with Crippen LogP contribution < -0.4 is 10.0 Å². The number of rotatable bonds is 5. The summed E-state index contributed by atoms with van der Waals surface area (Å²) in [4.78, 5) is 12.1. The molecule has 0 aromatic heterocycles. The van der Waals surface area contributed by atoms with Gasteiger partial charge in [-0.1, -0.05) is 34.1 Å². The van der Waals surface area contributed by atoms with Gasteiger partial charge in [0, 0.05) is 10.2 Å². The summed E-state index contributed by atoms with van der Waals surface area (Å²) < 4.78 is 27.7. The molecular formula is C16H17BrN2O3S. The van der Waals surface area contributed by atoms with Crippen LogP contribution in [0, 0.1) is 13.8 Å². The summed E-state index contributed by atoms with van der Waals surface area (Å²) in [5.41, 5.74) is 2.16. The largest absolute Gasteiger partial charge is 0.325 e. The maximum Gasteiger partial charge on any atom is 0.241 e. The van der Waals surface area contributed by atoms with Crippen molar-refractivity contribution in [2.45, 2.75) is 18.7 Å². The third-order valence-corrected chi connectivity index (χ3v) is 5.32. The summed E-state index contributed by atoms with van der Waals surface area (Å²) >= 11 is 3.35. The third-order valence-electron chi connectivity index (χ3n) is 3.27. The molecule has 0 aliphatic carbocycles. The lowest BCUT2D eigenvalue weighted by Gasteiger charge is -2.11. The Morgan fingerprint density at radius 3 is 2.43 bits per heavy atom. The minimum Gasteiger partial charge on any atom is -0.325 e. The maximum absolute atomic E-state index is 12.2. The zero-order valence-corrected chi connectivity index (χ0v) is 15.2. The minimum atomic E-state index is -3.71. The predicted octanol–water partition coefficient (Wildman–Crippen LogP) is 2.98. The van der Waals surface area contributed by atoms with E-state index in [2.05, 4.69) is 26.0 Å². The molecular weight excluding hydrogens is 380 g/mol. The smallest absolute Gasteiger partial charge is 0.241 e. The molecule has 23 heavy (non-hydrogen) atoms. The van der Waals surface area contributed by atoms with Crippen molar-refractivity contribution < 1.29 is 13.2 Å². The van der Waals surface area contributed by atoms with Gasteiger partial charge in [-0.3, -0.25) is 4.79 Å². The van der Waals surface area contributed by atoms with Crippen molar-refractivity contribution in [3.63, 3.8) is 0 Å². The number of hydrogen-bond donors (Lipinski definition) is 2. The van der Waals surface area contributed by atoms with Crippen molar-refractivity contribution in [2.24, 2.45) is 0 Å². The molecule has 0 fully saturated rings. The quantitative estimate of drug-likeness (QED) is 0.815. The van der Waals surface area contributed by atoms with E-state index in [0.29, 0.717) is 11.3 Å². The molecule has 5 nitrogen and oxygen atoms in total. The highest BCUT2D eigenvalue weighted by Gasteiger charge is 2.17. The molecule has 0 aliphatic heterocycles. The fraction of sp³-hybridized carbons (Fsp3) is 0.188. The van der Waals surface area contributed by atoms with Crippen LogP contribution in [-0.2, 0) is 14.8 Å². The van der Waals surface area contributed by atoms with Gasteiger partial charge in [0.2, 0.25) is 15.9 Å². The first-order chi connectivity index (χ1) is 10.8. The van der Waals surface area contributed by atoms with Crippen LogP contribution in [0.3, 0.4) is 0 Å². The van der Waals surface area contributed by atoms with Crippen LogP contribution in [0.25, 0.3) is 0 Å². The first-order valence-corrected chi connectivity index (χ1v) is 9.18. The van der Waals surface area contributed by atoms with E-state index < -0.39 is 15.9 Å². The second-order valence-corrected chi connectivity index (χ2v) is 7.75. The van der Waals surface area contributed by atoms with Crippen LogP contribution in [0.2, 0.25) is 0 Å². The highest BCUT2D eigenvalue weighted by Crippen LogP contribution is 2.20. The van der Waals surface area contributed by atoms with Crippen molar-refractivity contribution in [3.8, 4) is 0 Å². The van der Waals surface area contributed by atoms with E-state index in [4.69, 9.17) is 0 Å². The van der Waals surface area contributed by atoms with E-state index in [-0.39, 0.29) is 11.4 Å². The number of sulfonamides is 1. The van der Waals surface area contributed by atoms with E-state index in [9.17, 15) is 13.2 Å². The number of nitrogens with one attached hydrogen (secondary N) is 2. The molecule has 0 spiro atoms. The number of benzene rings is 2. The Bertz CT molecular complexity index is 835. The van der Waals surface area contributed by atoms with Crippen LogP contribution in [0.4, 0.5) is 5.69 Å². The van der Waals surface area contributed by atoms with E-state index >= 15 is 0 Å². The fourth-order valence-corrected chi connectivity index (χ4v) is 3.76. The predicted molar refractivity (Wildman–Crippen MR) is 93.9 cm³/mol. The van der Waals surface area contributed by atoms with Gasteiger partial charge in [0.1, 0.15) is 0 Å². The number of amides is 1. The Balaban J connectivity index is 2.03. The summed E-state index contributed by atoms with van der Waals surface area (Å²) in [5.74, 6) is -0.424. The molecule has 0 radical (unpaired) electrons. The summed E-state index contributed by atoms with van der Waals surface area (Å²) in [5, 5.41) is 2.69. The van der Waals surface area contributed by atoms with Crippen molar-refractivity contribution >= 4 is 37.5 Å². The van der Waals surface area contributed by atoms with E-state index in [1.54, 1.807) is 37.3 Å². The van der Waals surface area contributed by atoms with Gasteiger partial charge in [-0.15, -0.1) is 0 Å². The van der Waals surface area contributed by atoms with Gasteiger partial charge in [0.15, 0.2) is 0 Å². The molecule has 0 saturated carbocycles. The van der Waals surface area contributed by atoms with Crippen molar-refractivity contribution in [2.75, 3.05) is 11.9 Å². The first kappa shape index (κ1) is 17.7. The monoisotopic (exact) mass is 396 g/mol. The van der Waals surface area contributed by atoms with Gasteiger partial charge < -0.3 is 5.32 Å². The topological polar surface area (TPSA) is 75.3 Å². The molecule has 122 valence electrons. The van der Waals surface area contributed by atoms with E-state index in [1.807, 2.05) is 13.0 Å². The lowest BCUT2D eigenvalue weighted by Crippen LogP contribution is -2.33. The Hall–Kier alpha value is -1.70. The molecule has 0 bridgehead atoms. The highest BCUT2D eigenvalue weighted by atomic mass is 79.9. The van der Waals surface area contributed by atoms with Gasteiger partial charge in [-0.25, -0.2) is 13.1 Å². The van der Waals surface area contributed by atoms with Crippen molar-refractivity contribution in [1.29, 1.82) is 0 Å². The second kappa shape index (κ2) is 7.25. The molecule has 0 atom stereocenters. The fourth-order valence-electron chi connectivity index (χ4n) is 2.06. The third kappa shape index (κ3) is 4.63. The average molecular weight is 397 g/mol. The Morgan fingerprint density at radius 2 is 1.78 bits per heavy atom. The van der Waals surface area contributed by atoms with Crippen LogP contribution in [-0.4, -0.2) is 20.9 Å². The highest BCUT2D eigenvalue weighted by molar-refractivity contribution is 9.10. The maximum atomic E-state index is 12.2. The zero-order chi connectivity index (χ0) is 17.0. The van der Waals surface area contributed by atoms with Crippen LogP contribution >= 0.6 is 15.9 Å². The number of aryl methyl sites for hydroxylation is 2. The standard InChI is InChI=1S/C16H17BrN2O3S/c1-11-5-3-4-6-15(11)23(21,22)18-10-16(20)19-14-8-7-13(17)9-12(14)2/h3-9,18H,10H2,1-2H3,(H,19,20). The van der Waals surface area contributed by atoms with Gasteiger partial charge in [-0.05, 0) is 49.2 Å². The van der Waals surface area contributed by atoms with Crippen molar-refractivity contribution in [3.05, 3.63) is 58.1 Å². The van der Waals surface area contributed by atoms with Crippen LogP contribution in [0.15, 0.2) is 51.8 Å². The normalized spacial score (nSPS) is 11.3. The molecule has 0 saturated heterocycles. The van der Waals surface area contributed by atoms with Crippen molar-refractivity contribution in [1.82, 2.24) is 4.72 Å². The Kier molecular flexibility index (Phi) is 5.56. The van der Waals surface area contributed by atoms with Gasteiger partial charge in [0.05, 0.1) is 11.4 Å². The molecule has 7 heteroatoms. The molecule has 0 unspecified atom stereocenters. The number of carbonyl (C=O) groups is 1. The molecule has 2 aromatic rings. The summed E-state index contributed by atoms with van der Waals surface area (Å²) in [6.07, 6.45) is 0. The Labute approximate surface area is 144 Å². The van der Waals surface area contributed by atoms with Gasteiger partial charge in [-0.2, -0.15) is 0 Å². The summed E-state index contributed by atoms with van der Waals surface area (Å²) in [7, 11) is -3.71. The number of carbonyl (C=O) groups excluding carboxylic acids is 1. The van der Waals surface area contributed by atoms with Crippen LogP contribution in [0.1, 0.15) is 11.1 Å². The summed E-state index contributed by atoms with van der Waals surface area (Å²) in [6, 6.07) is 12.1. The average Bonchev–Trinajstić information content (AvgIpc) is 2.48.